The third-order valence-corrected chi connectivity index (χ3v) is 4.46. The van der Waals surface area contributed by atoms with Crippen LogP contribution in [0.3, 0.4) is 0 Å². The van der Waals surface area contributed by atoms with Gasteiger partial charge in [-0.1, -0.05) is 36.4 Å². The number of rotatable bonds is 4. The number of carboxylic acid groups (broad SMARTS) is 2. The fourth-order valence-corrected chi connectivity index (χ4v) is 3.05. The van der Waals surface area contributed by atoms with E-state index in [2.05, 4.69) is 51.3 Å². The Kier molecular flexibility index (Phi) is 6.85. The Morgan fingerprint density at radius 2 is 1.58 bits per heavy atom. The molecule has 3 aromatic rings. The monoisotopic (exact) mass is 419 g/mol. The molecule has 1 aromatic heterocycles. The van der Waals surface area contributed by atoms with Crippen LogP contribution in [-0.2, 0) is 9.59 Å². The molecule has 2 aromatic carbocycles. The third kappa shape index (κ3) is 5.18. The highest BCUT2D eigenvalue weighted by atomic mass is 16.5. The van der Waals surface area contributed by atoms with Gasteiger partial charge < -0.3 is 24.7 Å². The van der Waals surface area contributed by atoms with Crippen molar-refractivity contribution in [3.8, 4) is 5.75 Å². The van der Waals surface area contributed by atoms with Crippen LogP contribution >= 0.6 is 0 Å². The maximum Gasteiger partial charge on any atom is 0.414 e. The van der Waals surface area contributed by atoms with Gasteiger partial charge in [0.15, 0.2) is 0 Å². The van der Waals surface area contributed by atoms with Crippen molar-refractivity contribution in [2.24, 2.45) is 0 Å². The number of benzene rings is 2. The van der Waals surface area contributed by atoms with Crippen molar-refractivity contribution < 1.29 is 24.5 Å². The van der Waals surface area contributed by atoms with Gasteiger partial charge in [0.2, 0.25) is 0 Å². The number of hydrogen-bond donors (Lipinski definition) is 2. The van der Waals surface area contributed by atoms with E-state index in [9.17, 15) is 0 Å². The smallest absolute Gasteiger partial charge is 0.414 e. The molecule has 0 unspecified atom stereocenters. The number of anilines is 3. The van der Waals surface area contributed by atoms with Crippen LogP contribution < -0.4 is 14.5 Å². The Morgan fingerprint density at radius 1 is 0.935 bits per heavy atom. The summed E-state index contributed by atoms with van der Waals surface area (Å²) >= 11 is 0. The first-order chi connectivity index (χ1) is 15.0. The van der Waals surface area contributed by atoms with E-state index in [1.165, 1.54) is 5.69 Å². The molecule has 0 atom stereocenters. The first-order valence-corrected chi connectivity index (χ1v) is 9.33. The molecule has 0 saturated carbocycles. The van der Waals surface area contributed by atoms with Crippen LogP contribution in [0.2, 0.25) is 0 Å². The van der Waals surface area contributed by atoms with Crippen LogP contribution in [-0.4, -0.2) is 40.9 Å². The third-order valence-electron chi connectivity index (χ3n) is 4.46. The summed E-state index contributed by atoms with van der Waals surface area (Å²) in [5.41, 5.74) is 3.38. The largest absolute Gasteiger partial charge is 0.496 e. The van der Waals surface area contributed by atoms with Crippen molar-refractivity contribution >= 4 is 35.2 Å². The minimum atomic E-state index is -1.82. The standard InChI is InChI=1S/C21H19N3O.C2H2O4/c1-25-20-11-5-2-8-17(20)13-15-23-16-24(21-12-6-7-14-22-21)19-10-4-3-9-18(19)23;3-1(4)2(5)6/h2-15H,16H2,1H3;(H,3,4)(H,5,6)/b15-13+;. The van der Waals surface area contributed by atoms with Crippen LogP contribution in [0, 0.1) is 0 Å². The maximum absolute atomic E-state index is 9.10. The number of carboxylic acids is 2. The molecule has 0 spiro atoms. The van der Waals surface area contributed by atoms with E-state index in [4.69, 9.17) is 24.5 Å². The fourth-order valence-electron chi connectivity index (χ4n) is 3.05. The topological polar surface area (TPSA) is 103 Å². The van der Waals surface area contributed by atoms with Gasteiger partial charge in [0.05, 0.1) is 18.5 Å². The molecule has 0 saturated heterocycles. The molecule has 2 N–H and O–H groups in total. The number of nitrogens with zero attached hydrogens (tertiary/aromatic N) is 3. The average Bonchev–Trinajstić information content (AvgIpc) is 3.17. The molecule has 2 heterocycles. The van der Waals surface area contributed by atoms with Gasteiger partial charge in [0.25, 0.3) is 0 Å². The number of aliphatic carboxylic acids is 2. The van der Waals surface area contributed by atoms with Gasteiger partial charge in [-0.2, -0.15) is 0 Å². The van der Waals surface area contributed by atoms with Crippen LogP contribution in [0.25, 0.3) is 6.08 Å². The summed E-state index contributed by atoms with van der Waals surface area (Å²) < 4.78 is 5.43. The summed E-state index contributed by atoms with van der Waals surface area (Å²) in [7, 11) is 1.70. The highest BCUT2D eigenvalue weighted by molar-refractivity contribution is 6.27. The summed E-state index contributed by atoms with van der Waals surface area (Å²) in [4.78, 5) is 27.1. The molecule has 0 radical (unpaired) electrons. The lowest BCUT2D eigenvalue weighted by molar-refractivity contribution is -0.159. The van der Waals surface area contributed by atoms with Gasteiger partial charge >= 0.3 is 11.9 Å². The molecule has 1 aliphatic heterocycles. The Morgan fingerprint density at radius 3 is 2.23 bits per heavy atom. The van der Waals surface area contributed by atoms with E-state index in [0.717, 1.165) is 29.5 Å². The van der Waals surface area contributed by atoms with Crippen molar-refractivity contribution in [1.82, 2.24) is 4.98 Å². The van der Waals surface area contributed by atoms with Crippen LogP contribution in [0.15, 0.2) is 79.1 Å². The maximum atomic E-state index is 9.10. The minimum absolute atomic E-state index is 0.724. The lowest BCUT2D eigenvalue weighted by atomic mass is 10.2. The van der Waals surface area contributed by atoms with Crippen molar-refractivity contribution in [1.29, 1.82) is 0 Å². The van der Waals surface area contributed by atoms with E-state index in [0.29, 0.717) is 0 Å². The first-order valence-electron chi connectivity index (χ1n) is 9.33. The van der Waals surface area contributed by atoms with E-state index in [1.807, 2.05) is 48.7 Å². The average molecular weight is 419 g/mol. The molecule has 0 aliphatic carbocycles. The molecule has 0 fully saturated rings. The van der Waals surface area contributed by atoms with Gasteiger partial charge in [-0.3, -0.25) is 0 Å². The van der Waals surface area contributed by atoms with E-state index in [-0.39, 0.29) is 0 Å². The quantitative estimate of drug-likeness (QED) is 0.615. The molecule has 31 heavy (non-hydrogen) atoms. The van der Waals surface area contributed by atoms with Gasteiger partial charge in [-0.05, 0) is 36.4 Å². The number of fused-ring (bicyclic) bond motifs is 1. The van der Waals surface area contributed by atoms with Crippen LogP contribution in [0.5, 0.6) is 5.75 Å². The lowest BCUT2D eigenvalue weighted by Crippen LogP contribution is -2.23. The molecule has 0 bridgehead atoms. The van der Waals surface area contributed by atoms with E-state index < -0.39 is 11.9 Å². The van der Waals surface area contributed by atoms with Crippen molar-refractivity contribution in [2.45, 2.75) is 0 Å². The van der Waals surface area contributed by atoms with Crippen molar-refractivity contribution in [3.05, 3.63) is 84.7 Å². The zero-order valence-corrected chi connectivity index (χ0v) is 16.8. The Bertz CT molecular complexity index is 1070. The van der Waals surface area contributed by atoms with E-state index >= 15 is 0 Å². The van der Waals surface area contributed by atoms with E-state index in [1.54, 1.807) is 7.11 Å². The number of pyridine rings is 1. The number of aromatic nitrogens is 1. The summed E-state index contributed by atoms with van der Waals surface area (Å²) in [6, 6.07) is 22.4. The molecule has 158 valence electrons. The highest BCUT2D eigenvalue weighted by Crippen LogP contribution is 2.39. The highest BCUT2D eigenvalue weighted by Gasteiger charge is 2.25. The number of hydrogen-bond acceptors (Lipinski definition) is 6. The van der Waals surface area contributed by atoms with Gasteiger partial charge in [0.1, 0.15) is 18.2 Å². The predicted octanol–water partition coefficient (Wildman–Crippen LogP) is 3.83. The SMILES string of the molecule is COc1ccccc1/C=C/N1CN(c2ccccn2)c2ccccc21.O=C(O)C(=O)O. The number of ether oxygens (including phenoxy) is 1. The molecular formula is C23H21N3O5. The van der Waals surface area contributed by atoms with Crippen molar-refractivity contribution in [3.63, 3.8) is 0 Å². The Labute approximate surface area is 179 Å². The summed E-state index contributed by atoms with van der Waals surface area (Å²) in [5.74, 6) is -1.83. The van der Waals surface area contributed by atoms with Gasteiger partial charge in [-0.15, -0.1) is 0 Å². The Hall–Kier alpha value is -4.33. The zero-order valence-electron chi connectivity index (χ0n) is 16.8. The lowest BCUT2D eigenvalue weighted by Gasteiger charge is -2.18. The molecule has 8 heteroatoms. The normalized spacial score (nSPS) is 12.2. The summed E-state index contributed by atoms with van der Waals surface area (Å²) in [6.45, 7) is 0.724. The second kappa shape index (κ2) is 9.93. The molecule has 8 nitrogen and oxygen atoms in total. The Balaban J connectivity index is 0.000000401. The minimum Gasteiger partial charge on any atom is -0.496 e. The number of carbonyl (C=O) groups is 2. The fraction of sp³-hybridized carbons (Fsp3) is 0.0870. The second-order valence-corrected chi connectivity index (χ2v) is 6.38. The summed E-state index contributed by atoms with van der Waals surface area (Å²) in [5, 5.41) is 14.8. The number of methoxy groups -OCH3 is 1. The van der Waals surface area contributed by atoms with Gasteiger partial charge in [0, 0.05) is 18.0 Å². The molecule has 0 amide bonds. The molecular weight excluding hydrogens is 398 g/mol. The van der Waals surface area contributed by atoms with Crippen molar-refractivity contribution in [2.75, 3.05) is 23.6 Å². The summed E-state index contributed by atoms with van der Waals surface area (Å²) in [6.07, 6.45) is 6.00. The number of para-hydroxylation sites is 3. The second-order valence-electron chi connectivity index (χ2n) is 6.38. The first kappa shape index (κ1) is 21.4. The molecule has 1 aliphatic rings. The zero-order chi connectivity index (χ0) is 22.2. The van der Waals surface area contributed by atoms with Gasteiger partial charge in [-0.25, -0.2) is 14.6 Å². The van der Waals surface area contributed by atoms with Crippen LogP contribution in [0.1, 0.15) is 5.56 Å². The van der Waals surface area contributed by atoms with Crippen LogP contribution in [0.4, 0.5) is 17.2 Å². The molecule has 4 rings (SSSR count). The predicted molar refractivity (Wildman–Crippen MR) is 117 cm³/mol.